The first-order chi connectivity index (χ1) is 10.6. The molecule has 1 aliphatic heterocycles. The lowest BCUT2D eigenvalue weighted by molar-refractivity contribution is -0.139. The molecule has 1 aliphatic rings. The fraction of sp³-hybridized carbons (Fsp3) is 0.438. The molecule has 1 unspecified atom stereocenters. The van der Waals surface area contributed by atoms with Crippen LogP contribution in [-0.4, -0.2) is 35.4 Å². The molecule has 1 aromatic carbocycles. The number of hydrogen-bond donors (Lipinski definition) is 0. The summed E-state index contributed by atoms with van der Waals surface area (Å²) in [5.74, 6) is -0.766. The molecular formula is C16H19NO4S. The molecule has 1 aromatic rings. The molecule has 0 saturated carbocycles. The van der Waals surface area contributed by atoms with Gasteiger partial charge in [-0.15, -0.1) is 11.8 Å². The highest BCUT2D eigenvalue weighted by atomic mass is 32.2. The van der Waals surface area contributed by atoms with Gasteiger partial charge in [0.15, 0.2) is 0 Å². The van der Waals surface area contributed by atoms with Crippen molar-refractivity contribution in [3.63, 3.8) is 0 Å². The molecular weight excluding hydrogens is 302 g/mol. The summed E-state index contributed by atoms with van der Waals surface area (Å²) in [6.45, 7) is 4.09. The minimum Gasteiger partial charge on any atom is -0.465 e. The number of carbonyl (C=O) groups excluding carboxylic acids is 3. The summed E-state index contributed by atoms with van der Waals surface area (Å²) in [7, 11) is 0. The van der Waals surface area contributed by atoms with E-state index in [9.17, 15) is 14.4 Å². The van der Waals surface area contributed by atoms with E-state index in [0.29, 0.717) is 12.3 Å². The van der Waals surface area contributed by atoms with Crippen molar-refractivity contribution in [2.24, 2.45) is 0 Å². The van der Waals surface area contributed by atoms with Gasteiger partial charge in [-0.3, -0.25) is 14.4 Å². The average Bonchev–Trinajstić information content (AvgIpc) is 2.80. The molecule has 22 heavy (non-hydrogen) atoms. The van der Waals surface area contributed by atoms with Crippen LogP contribution >= 0.6 is 11.8 Å². The molecule has 2 amide bonds. The van der Waals surface area contributed by atoms with E-state index in [1.54, 1.807) is 19.1 Å². The zero-order valence-corrected chi connectivity index (χ0v) is 13.5. The molecule has 2 rings (SSSR count). The van der Waals surface area contributed by atoms with Gasteiger partial charge in [-0.1, -0.05) is 19.1 Å². The number of imide groups is 1. The number of nitrogens with zero attached hydrogens (tertiary/aromatic N) is 1. The Morgan fingerprint density at radius 3 is 2.55 bits per heavy atom. The second kappa shape index (κ2) is 7.45. The summed E-state index contributed by atoms with van der Waals surface area (Å²) in [6, 6.07) is 7.39. The Bertz CT molecular complexity index is 570. The third-order valence-corrected chi connectivity index (χ3v) is 4.59. The van der Waals surface area contributed by atoms with E-state index < -0.39 is 5.25 Å². The Morgan fingerprint density at radius 2 is 1.95 bits per heavy atom. The third-order valence-electron chi connectivity index (χ3n) is 3.42. The number of carbonyl (C=O) groups is 3. The molecule has 0 spiro atoms. The predicted molar refractivity (Wildman–Crippen MR) is 85.8 cm³/mol. The van der Waals surface area contributed by atoms with E-state index in [4.69, 9.17) is 4.74 Å². The number of aryl methyl sites for hydroxylation is 1. The van der Waals surface area contributed by atoms with Gasteiger partial charge < -0.3 is 4.74 Å². The van der Waals surface area contributed by atoms with E-state index in [-0.39, 0.29) is 30.0 Å². The quantitative estimate of drug-likeness (QED) is 0.593. The van der Waals surface area contributed by atoms with Crippen LogP contribution in [0.5, 0.6) is 0 Å². The zero-order valence-electron chi connectivity index (χ0n) is 12.7. The molecule has 5 nitrogen and oxygen atoms in total. The smallest absolute Gasteiger partial charge is 0.315 e. The molecule has 1 fully saturated rings. The monoisotopic (exact) mass is 321 g/mol. The highest BCUT2D eigenvalue weighted by Gasteiger charge is 2.40. The SMILES string of the molecule is CCOC(=O)CSC1CC(=O)N(c2ccc(CC)cc2)C1=O. The summed E-state index contributed by atoms with van der Waals surface area (Å²) in [6.07, 6.45) is 1.03. The second-order valence-electron chi connectivity index (χ2n) is 4.90. The molecule has 0 bridgehead atoms. The van der Waals surface area contributed by atoms with Crippen molar-refractivity contribution in [1.29, 1.82) is 0 Å². The van der Waals surface area contributed by atoms with E-state index >= 15 is 0 Å². The molecule has 0 N–H and O–H groups in total. The molecule has 0 radical (unpaired) electrons. The first-order valence-electron chi connectivity index (χ1n) is 7.29. The van der Waals surface area contributed by atoms with E-state index in [1.165, 1.54) is 4.90 Å². The minimum atomic E-state index is -0.511. The predicted octanol–water partition coefficient (Wildman–Crippen LogP) is 2.18. The van der Waals surface area contributed by atoms with Crippen molar-refractivity contribution in [2.75, 3.05) is 17.3 Å². The maximum Gasteiger partial charge on any atom is 0.315 e. The van der Waals surface area contributed by atoms with E-state index in [1.807, 2.05) is 19.1 Å². The number of thioether (sulfide) groups is 1. The highest BCUT2D eigenvalue weighted by Crippen LogP contribution is 2.29. The van der Waals surface area contributed by atoms with Gasteiger partial charge in [-0.25, -0.2) is 4.90 Å². The van der Waals surface area contributed by atoms with Gasteiger partial charge in [0, 0.05) is 6.42 Å². The van der Waals surface area contributed by atoms with Gasteiger partial charge >= 0.3 is 5.97 Å². The number of rotatable bonds is 6. The first kappa shape index (κ1) is 16.5. The lowest BCUT2D eigenvalue weighted by Gasteiger charge is -2.15. The van der Waals surface area contributed by atoms with Crippen molar-refractivity contribution in [2.45, 2.75) is 31.9 Å². The largest absolute Gasteiger partial charge is 0.465 e. The van der Waals surface area contributed by atoms with Crippen molar-refractivity contribution in [3.8, 4) is 0 Å². The summed E-state index contributed by atoms with van der Waals surface area (Å²) in [4.78, 5) is 37.0. The second-order valence-corrected chi connectivity index (χ2v) is 6.09. The number of ether oxygens (including phenoxy) is 1. The molecule has 0 aromatic heterocycles. The van der Waals surface area contributed by atoms with Crippen molar-refractivity contribution >= 4 is 35.2 Å². The van der Waals surface area contributed by atoms with Crippen molar-refractivity contribution < 1.29 is 19.1 Å². The Labute approximate surface area is 134 Å². The lowest BCUT2D eigenvalue weighted by atomic mass is 10.1. The zero-order chi connectivity index (χ0) is 16.1. The molecule has 1 heterocycles. The van der Waals surface area contributed by atoms with Crippen LogP contribution < -0.4 is 4.90 Å². The van der Waals surface area contributed by atoms with Crippen LogP contribution in [0.4, 0.5) is 5.69 Å². The molecule has 1 saturated heterocycles. The fourth-order valence-electron chi connectivity index (χ4n) is 2.26. The minimum absolute atomic E-state index is 0.0835. The van der Waals surface area contributed by atoms with Gasteiger partial charge in [-0.2, -0.15) is 0 Å². The van der Waals surface area contributed by atoms with Gasteiger partial charge in [0.1, 0.15) is 0 Å². The van der Waals surface area contributed by atoms with Crippen LogP contribution in [0.1, 0.15) is 25.8 Å². The maximum atomic E-state index is 12.4. The normalized spacial score (nSPS) is 17.9. The van der Waals surface area contributed by atoms with Crippen molar-refractivity contribution in [3.05, 3.63) is 29.8 Å². The lowest BCUT2D eigenvalue weighted by Crippen LogP contribution is -2.31. The fourth-order valence-corrected chi connectivity index (χ4v) is 3.19. The Morgan fingerprint density at radius 1 is 1.27 bits per heavy atom. The number of anilines is 1. The standard InChI is InChI=1S/C16H19NO4S/c1-3-11-5-7-12(8-6-11)17-14(18)9-13(16(17)20)22-10-15(19)21-4-2/h5-8,13H,3-4,9-10H2,1-2H3. The molecule has 118 valence electrons. The Kier molecular flexibility index (Phi) is 5.60. The van der Waals surface area contributed by atoms with E-state index in [0.717, 1.165) is 23.7 Å². The van der Waals surface area contributed by atoms with Gasteiger partial charge in [0.25, 0.3) is 0 Å². The number of benzene rings is 1. The number of hydrogen-bond acceptors (Lipinski definition) is 5. The van der Waals surface area contributed by atoms with Crippen LogP contribution in [0.15, 0.2) is 24.3 Å². The maximum absolute atomic E-state index is 12.4. The van der Waals surface area contributed by atoms with Gasteiger partial charge in [-0.05, 0) is 31.0 Å². The molecule has 0 aliphatic carbocycles. The van der Waals surface area contributed by atoms with Crippen LogP contribution in [-0.2, 0) is 25.5 Å². The number of esters is 1. The Balaban J connectivity index is 2.03. The van der Waals surface area contributed by atoms with Gasteiger partial charge in [0.05, 0.1) is 23.3 Å². The van der Waals surface area contributed by atoms with E-state index in [2.05, 4.69) is 0 Å². The summed E-state index contributed by atoms with van der Waals surface area (Å²) >= 11 is 1.16. The number of amides is 2. The van der Waals surface area contributed by atoms with Crippen LogP contribution in [0.25, 0.3) is 0 Å². The Hall–Kier alpha value is -1.82. The molecule has 6 heteroatoms. The third kappa shape index (κ3) is 3.68. The summed E-state index contributed by atoms with van der Waals surface area (Å²) < 4.78 is 4.83. The highest BCUT2D eigenvalue weighted by molar-refractivity contribution is 8.01. The summed E-state index contributed by atoms with van der Waals surface area (Å²) in [5.41, 5.74) is 1.74. The van der Waals surface area contributed by atoms with Crippen molar-refractivity contribution in [1.82, 2.24) is 0 Å². The first-order valence-corrected chi connectivity index (χ1v) is 8.34. The average molecular weight is 321 g/mol. The molecule has 1 atom stereocenters. The topological polar surface area (TPSA) is 63.7 Å². The summed E-state index contributed by atoms with van der Waals surface area (Å²) in [5, 5.41) is -0.511. The van der Waals surface area contributed by atoms with Gasteiger partial charge in [0.2, 0.25) is 11.8 Å². The van der Waals surface area contributed by atoms with Crippen LogP contribution in [0.2, 0.25) is 0 Å². The van der Waals surface area contributed by atoms with Crippen LogP contribution in [0.3, 0.4) is 0 Å². The van der Waals surface area contributed by atoms with Crippen LogP contribution in [0, 0.1) is 0 Å².